The number of hydroxylamine groups is 2. The van der Waals surface area contributed by atoms with Crippen LogP contribution in [-0.4, -0.2) is 30.8 Å². The summed E-state index contributed by atoms with van der Waals surface area (Å²) < 4.78 is 0. The first-order valence-corrected chi connectivity index (χ1v) is 3.84. The van der Waals surface area contributed by atoms with Crippen LogP contribution in [0.15, 0.2) is 5.18 Å². The normalized spacial score (nSPS) is 24.9. The van der Waals surface area contributed by atoms with E-state index in [0.717, 1.165) is 25.9 Å². The molecule has 4 heteroatoms. The van der Waals surface area contributed by atoms with Crippen LogP contribution in [0.2, 0.25) is 0 Å². The van der Waals surface area contributed by atoms with Crippen LogP contribution in [0, 0.1) is 4.91 Å². The van der Waals surface area contributed by atoms with Gasteiger partial charge in [-0.2, -0.15) is 9.97 Å². The molecule has 1 heterocycles. The van der Waals surface area contributed by atoms with E-state index in [9.17, 15) is 4.91 Å². The van der Waals surface area contributed by atoms with E-state index in [-0.39, 0.29) is 5.54 Å². The second-order valence-corrected chi connectivity index (χ2v) is 3.20. The average Bonchev–Trinajstić information content (AvgIpc) is 2.06. The van der Waals surface area contributed by atoms with Crippen LogP contribution in [0.5, 0.6) is 0 Å². The van der Waals surface area contributed by atoms with Crippen molar-refractivity contribution in [3.8, 4) is 0 Å². The van der Waals surface area contributed by atoms with Crippen molar-refractivity contribution >= 4 is 0 Å². The summed E-state index contributed by atoms with van der Waals surface area (Å²) in [5.74, 6) is 0. The molecule has 0 aliphatic carbocycles. The van der Waals surface area contributed by atoms with E-state index in [1.54, 1.807) is 7.11 Å². The zero-order valence-electron chi connectivity index (χ0n) is 7.04. The molecule has 0 unspecified atom stereocenters. The zero-order chi connectivity index (χ0) is 8.32. The summed E-state index contributed by atoms with van der Waals surface area (Å²) in [4.78, 5) is 15.4. The fourth-order valence-corrected chi connectivity index (χ4v) is 1.24. The Morgan fingerprint density at radius 2 is 2.00 bits per heavy atom. The largest absolute Gasteiger partial charge is 0.302 e. The molecule has 0 aromatic carbocycles. The molecule has 0 amide bonds. The average molecular weight is 158 g/mol. The smallest absolute Gasteiger partial charge is 0.102 e. The fraction of sp³-hybridized carbons (Fsp3) is 1.00. The summed E-state index contributed by atoms with van der Waals surface area (Å²) in [6.45, 7) is 3.50. The van der Waals surface area contributed by atoms with Gasteiger partial charge in [-0.15, -0.1) is 0 Å². The second kappa shape index (κ2) is 3.28. The minimum atomic E-state index is -0.352. The van der Waals surface area contributed by atoms with Crippen LogP contribution >= 0.6 is 0 Å². The monoisotopic (exact) mass is 158 g/mol. The Morgan fingerprint density at radius 1 is 1.45 bits per heavy atom. The molecule has 1 aliphatic heterocycles. The van der Waals surface area contributed by atoms with Gasteiger partial charge in [0.2, 0.25) is 0 Å². The Morgan fingerprint density at radius 3 is 2.36 bits per heavy atom. The van der Waals surface area contributed by atoms with Crippen LogP contribution in [0.1, 0.15) is 19.8 Å². The van der Waals surface area contributed by atoms with Crippen molar-refractivity contribution in [2.75, 3.05) is 20.2 Å². The third-order valence-electron chi connectivity index (χ3n) is 2.28. The van der Waals surface area contributed by atoms with Crippen LogP contribution in [0.3, 0.4) is 0 Å². The number of piperidine rings is 1. The van der Waals surface area contributed by atoms with Crippen molar-refractivity contribution in [2.24, 2.45) is 5.18 Å². The maximum Gasteiger partial charge on any atom is 0.102 e. The van der Waals surface area contributed by atoms with Crippen LogP contribution in [-0.2, 0) is 4.84 Å². The van der Waals surface area contributed by atoms with Crippen molar-refractivity contribution < 1.29 is 4.84 Å². The van der Waals surface area contributed by atoms with Crippen molar-refractivity contribution in [1.82, 2.24) is 5.06 Å². The molecular weight excluding hydrogens is 144 g/mol. The third kappa shape index (κ3) is 1.97. The minimum Gasteiger partial charge on any atom is -0.302 e. The number of nitrogens with zero attached hydrogens (tertiary/aromatic N) is 2. The molecule has 1 fully saturated rings. The standard InChI is InChI=1S/C7H14N2O2/c1-7(8-10)3-5-9(11-2)6-4-7/h3-6H2,1-2H3. The van der Waals surface area contributed by atoms with Crippen molar-refractivity contribution in [2.45, 2.75) is 25.3 Å². The highest BCUT2D eigenvalue weighted by Gasteiger charge is 2.31. The Hall–Kier alpha value is -0.480. The van der Waals surface area contributed by atoms with Crippen LogP contribution in [0.4, 0.5) is 0 Å². The van der Waals surface area contributed by atoms with Crippen LogP contribution < -0.4 is 0 Å². The predicted molar refractivity (Wildman–Crippen MR) is 42.0 cm³/mol. The molecule has 4 nitrogen and oxygen atoms in total. The summed E-state index contributed by atoms with van der Waals surface area (Å²) in [6.07, 6.45) is 1.59. The lowest BCUT2D eigenvalue weighted by molar-refractivity contribution is -0.149. The van der Waals surface area contributed by atoms with Gasteiger partial charge in [-0.3, -0.25) is 0 Å². The summed E-state index contributed by atoms with van der Waals surface area (Å²) >= 11 is 0. The van der Waals surface area contributed by atoms with Crippen LogP contribution in [0.25, 0.3) is 0 Å². The molecule has 0 bridgehead atoms. The lowest BCUT2D eigenvalue weighted by Gasteiger charge is -2.32. The van der Waals surface area contributed by atoms with E-state index in [0.29, 0.717) is 0 Å². The summed E-state index contributed by atoms with van der Waals surface area (Å²) in [6, 6.07) is 0. The molecule has 1 aliphatic rings. The Kier molecular flexibility index (Phi) is 2.57. The SMILES string of the molecule is CON1CCC(C)(N=O)CC1. The highest BCUT2D eigenvalue weighted by Crippen LogP contribution is 2.24. The highest BCUT2D eigenvalue weighted by atomic mass is 16.7. The van der Waals surface area contributed by atoms with Crippen molar-refractivity contribution in [1.29, 1.82) is 0 Å². The maximum absolute atomic E-state index is 10.4. The highest BCUT2D eigenvalue weighted by molar-refractivity contribution is 4.87. The molecule has 1 rings (SSSR count). The number of hydrogen-bond donors (Lipinski definition) is 0. The number of nitroso groups, excluding NO2 is 1. The van der Waals surface area contributed by atoms with E-state index in [1.165, 1.54) is 0 Å². The molecule has 0 spiro atoms. The Bertz CT molecular complexity index is 141. The molecule has 1 saturated heterocycles. The van der Waals surface area contributed by atoms with E-state index in [2.05, 4.69) is 5.18 Å². The molecule has 0 radical (unpaired) electrons. The van der Waals surface area contributed by atoms with E-state index < -0.39 is 0 Å². The fourth-order valence-electron chi connectivity index (χ4n) is 1.24. The van der Waals surface area contributed by atoms with Gasteiger partial charge in [0.05, 0.1) is 7.11 Å². The second-order valence-electron chi connectivity index (χ2n) is 3.20. The van der Waals surface area contributed by atoms with E-state index >= 15 is 0 Å². The maximum atomic E-state index is 10.4. The first-order valence-electron chi connectivity index (χ1n) is 3.84. The number of rotatable bonds is 2. The van der Waals surface area contributed by atoms with Crippen molar-refractivity contribution in [3.63, 3.8) is 0 Å². The van der Waals surface area contributed by atoms with Gasteiger partial charge >= 0.3 is 0 Å². The first-order chi connectivity index (χ1) is 5.20. The molecule has 0 aromatic rings. The minimum absolute atomic E-state index is 0.352. The quantitative estimate of drug-likeness (QED) is 0.566. The van der Waals surface area contributed by atoms with Gasteiger partial charge in [-0.1, -0.05) is 5.18 Å². The summed E-state index contributed by atoms with van der Waals surface area (Å²) in [7, 11) is 1.65. The topological polar surface area (TPSA) is 41.9 Å². The molecule has 11 heavy (non-hydrogen) atoms. The molecule has 0 N–H and O–H groups in total. The van der Waals surface area contributed by atoms with Gasteiger partial charge in [0.1, 0.15) is 5.54 Å². The molecular formula is C7H14N2O2. The van der Waals surface area contributed by atoms with Gasteiger partial charge < -0.3 is 4.84 Å². The van der Waals surface area contributed by atoms with Gasteiger partial charge in [0.25, 0.3) is 0 Å². The molecule has 0 saturated carbocycles. The van der Waals surface area contributed by atoms with Crippen molar-refractivity contribution in [3.05, 3.63) is 4.91 Å². The van der Waals surface area contributed by atoms with Gasteiger partial charge in [-0.25, -0.2) is 0 Å². The first kappa shape index (κ1) is 8.62. The molecule has 0 atom stereocenters. The summed E-state index contributed by atoms with van der Waals surface area (Å²) in [5, 5.41) is 4.97. The van der Waals surface area contributed by atoms with E-state index in [4.69, 9.17) is 4.84 Å². The lowest BCUT2D eigenvalue weighted by atomic mass is 9.92. The van der Waals surface area contributed by atoms with Gasteiger partial charge in [0.15, 0.2) is 0 Å². The Balaban J connectivity index is 2.41. The van der Waals surface area contributed by atoms with Gasteiger partial charge in [-0.05, 0) is 19.8 Å². The predicted octanol–water partition coefficient (Wildman–Crippen LogP) is 1.17. The molecule has 0 aromatic heterocycles. The molecule has 64 valence electrons. The number of hydrogen-bond acceptors (Lipinski definition) is 4. The van der Waals surface area contributed by atoms with E-state index in [1.807, 2.05) is 12.0 Å². The zero-order valence-corrected chi connectivity index (χ0v) is 7.04. The third-order valence-corrected chi connectivity index (χ3v) is 2.28. The van der Waals surface area contributed by atoms with Gasteiger partial charge in [0, 0.05) is 13.1 Å². The summed E-state index contributed by atoms with van der Waals surface area (Å²) in [5.41, 5.74) is -0.352. The Labute approximate surface area is 66.4 Å². The lowest BCUT2D eigenvalue weighted by Crippen LogP contribution is -2.40.